The molecule has 3 N–H and O–H groups in total. The molecule has 4 unspecified atom stereocenters. The maximum Gasteiger partial charge on any atom is 0.00978 e. The quantitative estimate of drug-likeness (QED) is 0.773. The lowest BCUT2D eigenvalue weighted by molar-refractivity contribution is 0.212. The lowest BCUT2D eigenvalue weighted by Gasteiger charge is -2.37. The molecule has 0 heterocycles. The van der Waals surface area contributed by atoms with E-state index in [-0.39, 0.29) is 0 Å². The molecule has 2 nitrogen and oxygen atoms in total. The van der Waals surface area contributed by atoms with Crippen LogP contribution < -0.4 is 11.1 Å². The monoisotopic (exact) mass is 224 g/mol. The van der Waals surface area contributed by atoms with Gasteiger partial charge in [-0.25, -0.2) is 0 Å². The molecule has 2 heteroatoms. The summed E-state index contributed by atoms with van der Waals surface area (Å²) in [4.78, 5) is 0. The second-order valence-electron chi connectivity index (χ2n) is 5.85. The average Bonchev–Trinajstić information content (AvgIpc) is 2.30. The third-order valence-corrected chi connectivity index (χ3v) is 4.60. The highest BCUT2D eigenvalue weighted by Crippen LogP contribution is 2.28. The van der Waals surface area contributed by atoms with Gasteiger partial charge in [-0.05, 0) is 38.0 Å². The van der Waals surface area contributed by atoms with Crippen molar-refractivity contribution in [2.45, 2.75) is 82.8 Å². The van der Waals surface area contributed by atoms with Gasteiger partial charge in [-0.3, -0.25) is 0 Å². The van der Waals surface area contributed by atoms with Gasteiger partial charge in [-0.15, -0.1) is 0 Å². The van der Waals surface area contributed by atoms with E-state index in [9.17, 15) is 0 Å². The molecule has 0 amide bonds. The molecule has 0 aromatic heterocycles. The van der Waals surface area contributed by atoms with Crippen LogP contribution in [0.5, 0.6) is 0 Å². The van der Waals surface area contributed by atoms with Gasteiger partial charge in [0.05, 0.1) is 0 Å². The predicted octanol–water partition coefficient (Wildman–Crippen LogP) is 2.81. The molecule has 0 aliphatic heterocycles. The Labute approximate surface area is 100 Å². The highest BCUT2D eigenvalue weighted by molar-refractivity contribution is 4.87. The van der Waals surface area contributed by atoms with Crippen molar-refractivity contribution in [2.75, 3.05) is 0 Å². The van der Waals surface area contributed by atoms with Gasteiger partial charge in [-0.2, -0.15) is 0 Å². The summed E-state index contributed by atoms with van der Waals surface area (Å²) in [5, 5.41) is 3.91. The molecule has 0 spiro atoms. The minimum atomic E-state index is 0.454. The topological polar surface area (TPSA) is 38.0 Å². The van der Waals surface area contributed by atoms with Gasteiger partial charge in [0.15, 0.2) is 0 Å². The lowest BCUT2D eigenvalue weighted by Crippen LogP contribution is -2.47. The van der Waals surface area contributed by atoms with E-state index in [1.54, 1.807) is 0 Å². The Morgan fingerprint density at radius 2 is 1.88 bits per heavy atom. The zero-order valence-corrected chi connectivity index (χ0v) is 10.8. The van der Waals surface area contributed by atoms with Crippen LogP contribution in [0.3, 0.4) is 0 Å². The summed E-state index contributed by atoms with van der Waals surface area (Å²) >= 11 is 0. The minimum absolute atomic E-state index is 0.454. The van der Waals surface area contributed by atoms with Crippen LogP contribution in [0.25, 0.3) is 0 Å². The van der Waals surface area contributed by atoms with E-state index in [0.29, 0.717) is 12.1 Å². The minimum Gasteiger partial charge on any atom is -0.328 e. The molecule has 0 aromatic carbocycles. The molecule has 0 saturated heterocycles. The number of hydrogen-bond donors (Lipinski definition) is 2. The average molecular weight is 224 g/mol. The Kier molecular flexibility index (Phi) is 4.66. The first-order valence-electron chi connectivity index (χ1n) is 7.31. The van der Waals surface area contributed by atoms with E-state index in [4.69, 9.17) is 5.73 Å². The van der Waals surface area contributed by atoms with Gasteiger partial charge in [0.2, 0.25) is 0 Å². The fourth-order valence-electron chi connectivity index (χ4n) is 3.60. The van der Waals surface area contributed by atoms with Gasteiger partial charge in [0, 0.05) is 18.1 Å². The molecule has 2 rings (SSSR count). The largest absolute Gasteiger partial charge is 0.328 e. The SMILES string of the molecule is CCC1CCCCC1NC1CCCC(N)C1. The van der Waals surface area contributed by atoms with Crippen LogP contribution >= 0.6 is 0 Å². The van der Waals surface area contributed by atoms with Crippen molar-refractivity contribution in [2.24, 2.45) is 11.7 Å². The fourth-order valence-corrected chi connectivity index (χ4v) is 3.60. The van der Waals surface area contributed by atoms with Crippen LogP contribution in [-0.4, -0.2) is 18.1 Å². The van der Waals surface area contributed by atoms with E-state index in [0.717, 1.165) is 12.0 Å². The van der Waals surface area contributed by atoms with Crippen LogP contribution in [0.15, 0.2) is 0 Å². The van der Waals surface area contributed by atoms with Crippen molar-refractivity contribution in [3.05, 3.63) is 0 Å². The standard InChI is InChI=1S/C14H28N2/c1-2-11-6-3-4-9-14(11)16-13-8-5-7-12(15)10-13/h11-14,16H,2-10,15H2,1H3. The van der Waals surface area contributed by atoms with Crippen LogP contribution in [0.1, 0.15) is 64.7 Å². The van der Waals surface area contributed by atoms with E-state index < -0.39 is 0 Å². The Morgan fingerprint density at radius 3 is 2.62 bits per heavy atom. The summed E-state index contributed by atoms with van der Waals surface area (Å²) in [7, 11) is 0. The number of hydrogen-bond acceptors (Lipinski definition) is 2. The number of rotatable bonds is 3. The van der Waals surface area contributed by atoms with Crippen molar-refractivity contribution in [1.29, 1.82) is 0 Å². The summed E-state index contributed by atoms with van der Waals surface area (Å²) in [6.07, 6.45) is 12.2. The molecule has 0 aromatic rings. The van der Waals surface area contributed by atoms with Gasteiger partial charge < -0.3 is 11.1 Å². The zero-order chi connectivity index (χ0) is 11.4. The molecule has 2 saturated carbocycles. The van der Waals surface area contributed by atoms with Crippen molar-refractivity contribution in [3.8, 4) is 0 Å². The molecule has 2 aliphatic carbocycles. The summed E-state index contributed by atoms with van der Waals surface area (Å²) in [5.74, 6) is 0.923. The highest BCUT2D eigenvalue weighted by atomic mass is 15.0. The Balaban J connectivity index is 1.82. The number of nitrogens with two attached hydrogens (primary N) is 1. The Bertz CT molecular complexity index is 205. The van der Waals surface area contributed by atoms with Gasteiger partial charge in [-0.1, -0.05) is 32.6 Å². The Morgan fingerprint density at radius 1 is 1.06 bits per heavy atom. The molecule has 94 valence electrons. The molecule has 4 atom stereocenters. The summed E-state index contributed by atoms with van der Waals surface area (Å²) in [6, 6.07) is 1.95. The maximum atomic E-state index is 6.06. The van der Waals surface area contributed by atoms with Crippen LogP contribution in [0, 0.1) is 5.92 Å². The van der Waals surface area contributed by atoms with E-state index in [1.165, 1.54) is 57.8 Å². The summed E-state index contributed by atoms with van der Waals surface area (Å²) in [5.41, 5.74) is 6.06. The van der Waals surface area contributed by atoms with Gasteiger partial charge in [0.1, 0.15) is 0 Å². The molecule has 0 bridgehead atoms. The molecule has 0 radical (unpaired) electrons. The predicted molar refractivity (Wildman–Crippen MR) is 69.4 cm³/mol. The van der Waals surface area contributed by atoms with Crippen molar-refractivity contribution >= 4 is 0 Å². The smallest absolute Gasteiger partial charge is 0.00978 e. The first-order chi connectivity index (χ1) is 7.79. The van der Waals surface area contributed by atoms with Crippen LogP contribution in [0.2, 0.25) is 0 Å². The molecular formula is C14H28N2. The second-order valence-corrected chi connectivity index (χ2v) is 5.85. The zero-order valence-electron chi connectivity index (χ0n) is 10.8. The first-order valence-corrected chi connectivity index (χ1v) is 7.31. The van der Waals surface area contributed by atoms with Crippen molar-refractivity contribution in [1.82, 2.24) is 5.32 Å². The van der Waals surface area contributed by atoms with E-state index in [1.807, 2.05) is 0 Å². The fraction of sp³-hybridized carbons (Fsp3) is 1.00. The molecule has 2 fully saturated rings. The molecular weight excluding hydrogens is 196 g/mol. The second kappa shape index (κ2) is 6.02. The normalized spacial score (nSPS) is 40.9. The van der Waals surface area contributed by atoms with Crippen molar-refractivity contribution < 1.29 is 0 Å². The summed E-state index contributed by atoms with van der Waals surface area (Å²) < 4.78 is 0. The Hall–Kier alpha value is -0.0800. The van der Waals surface area contributed by atoms with Crippen LogP contribution in [0.4, 0.5) is 0 Å². The van der Waals surface area contributed by atoms with Crippen LogP contribution in [-0.2, 0) is 0 Å². The molecule has 2 aliphatic rings. The van der Waals surface area contributed by atoms with Gasteiger partial charge >= 0.3 is 0 Å². The summed E-state index contributed by atoms with van der Waals surface area (Å²) in [6.45, 7) is 2.34. The van der Waals surface area contributed by atoms with Gasteiger partial charge in [0.25, 0.3) is 0 Å². The highest BCUT2D eigenvalue weighted by Gasteiger charge is 2.27. The lowest BCUT2D eigenvalue weighted by atomic mass is 9.81. The number of nitrogens with one attached hydrogen (secondary N) is 1. The first kappa shape index (κ1) is 12.4. The van der Waals surface area contributed by atoms with E-state index in [2.05, 4.69) is 12.2 Å². The molecule has 16 heavy (non-hydrogen) atoms. The maximum absolute atomic E-state index is 6.06. The third kappa shape index (κ3) is 3.21. The third-order valence-electron chi connectivity index (χ3n) is 4.60. The van der Waals surface area contributed by atoms with Crippen molar-refractivity contribution in [3.63, 3.8) is 0 Å². The van der Waals surface area contributed by atoms with E-state index >= 15 is 0 Å².